The van der Waals surface area contributed by atoms with Gasteiger partial charge in [-0.05, 0) is 56.6 Å². The van der Waals surface area contributed by atoms with E-state index in [0.717, 1.165) is 32.6 Å². The van der Waals surface area contributed by atoms with Crippen LogP contribution in [0.3, 0.4) is 0 Å². The Morgan fingerprint density at radius 2 is 1.79 bits per heavy atom. The van der Waals surface area contributed by atoms with Crippen LogP contribution in [0, 0.1) is 0 Å². The van der Waals surface area contributed by atoms with Crippen LogP contribution < -0.4 is 14.8 Å². The number of ether oxygens (including phenoxy) is 2. The van der Waals surface area contributed by atoms with Gasteiger partial charge in [0.2, 0.25) is 0 Å². The fraction of sp³-hybridized carbons (Fsp3) is 0.739. The number of nitrogens with one attached hydrogen (secondary N) is 1. The summed E-state index contributed by atoms with van der Waals surface area (Å²) in [7, 11) is 0. The van der Waals surface area contributed by atoms with Gasteiger partial charge in [-0.2, -0.15) is 0 Å². The van der Waals surface area contributed by atoms with Crippen LogP contribution in [0.5, 0.6) is 11.5 Å². The van der Waals surface area contributed by atoms with E-state index >= 15 is 0 Å². The smallest absolute Gasteiger partial charge is 0.161 e. The maximum absolute atomic E-state index is 11.2. The third-order valence-electron chi connectivity index (χ3n) is 5.64. The van der Waals surface area contributed by atoms with E-state index in [9.17, 15) is 5.11 Å². The molecule has 28 heavy (non-hydrogen) atoms. The van der Waals surface area contributed by atoms with Crippen LogP contribution in [-0.2, 0) is 0 Å². The van der Waals surface area contributed by atoms with E-state index in [0.29, 0.717) is 5.56 Å². The van der Waals surface area contributed by atoms with Crippen molar-refractivity contribution in [1.29, 1.82) is 0 Å². The van der Waals surface area contributed by atoms with E-state index in [-0.39, 0.29) is 17.5 Å². The highest BCUT2D eigenvalue weighted by Gasteiger charge is 2.26. The fourth-order valence-electron chi connectivity index (χ4n) is 3.97. The lowest BCUT2D eigenvalue weighted by Crippen LogP contribution is -2.44. The molecular formula is C23H38N2O3. The molecule has 2 atom stereocenters. The molecule has 2 aliphatic heterocycles. The van der Waals surface area contributed by atoms with Crippen molar-refractivity contribution in [3.63, 3.8) is 0 Å². The van der Waals surface area contributed by atoms with Gasteiger partial charge in [-0.15, -0.1) is 0 Å². The highest BCUT2D eigenvalue weighted by atomic mass is 16.6. The number of hydrogen-bond acceptors (Lipinski definition) is 5. The Hall–Kier alpha value is -1.30. The topological polar surface area (TPSA) is 54.0 Å². The third kappa shape index (κ3) is 6.36. The van der Waals surface area contributed by atoms with E-state index in [4.69, 9.17) is 15.0 Å². The number of nitrogens with zero attached hydrogens (tertiary/aromatic N) is 1. The summed E-state index contributed by atoms with van der Waals surface area (Å²) in [5, 5.41) is 14.7. The van der Waals surface area contributed by atoms with Gasteiger partial charge >= 0.3 is 0 Å². The number of aliphatic hydroxyl groups excluding tert-OH is 1. The first-order chi connectivity index (χ1) is 15.2. The summed E-state index contributed by atoms with van der Waals surface area (Å²) < 4.78 is 41.5. The number of rotatable bonds is 12. The number of aliphatic hydroxyl groups is 1. The molecule has 1 aromatic rings. The van der Waals surface area contributed by atoms with Gasteiger partial charge < -0.3 is 24.8 Å². The lowest BCUT2D eigenvalue weighted by molar-refractivity contribution is 0.105. The molecule has 5 nitrogen and oxygen atoms in total. The third-order valence-corrected chi connectivity index (χ3v) is 5.64. The zero-order valence-electron chi connectivity index (χ0n) is 21.1. The Labute approximate surface area is 176 Å². The van der Waals surface area contributed by atoms with Crippen LogP contribution in [0.4, 0.5) is 0 Å². The Morgan fingerprint density at radius 1 is 1.07 bits per heavy atom. The highest BCUT2D eigenvalue weighted by Crippen LogP contribution is 2.33. The summed E-state index contributed by atoms with van der Waals surface area (Å²) in [5.74, 6) is 0.245. The van der Waals surface area contributed by atoms with Gasteiger partial charge in [0.25, 0.3) is 0 Å². The molecule has 2 aliphatic rings. The largest absolute Gasteiger partial charge is 0.486 e. The van der Waals surface area contributed by atoms with Crippen LogP contribution in [0.15, 0.2) is 18.2 Å². The molecule has 1 saturated heterocycles. The zero-order chi connectivity index (χ0) is 23.2. The molecule has 0 amide bonds. The molecule has 2 unspecified atom stereocenters. The molecule has 3 rings (SSSR count). The number of likely N-dealkylation sites (tertiary alicyclic amines) is 1. The number of fused-ring (bicyclic) bond motifs is 1. The Kier molecular flexibility index (Phi) is 6.86. The first-order valence-electron chi connectivity index (χ1n) is 12.9. The van der Waals surface area contributed by atoms with E-state index in [2.05, 4.69) is 17.1 Å². The molecule has 1 aromatic carbocycles. The van der Waals surface area contributed by atoms with Gasteiger partial charge in [-0.3, -0.25) is 0 Å². The summed E-state index contributed by atoms with van der Waals surface area (Å²) in [4.78, 5) is 2.37. The summed E-state index contributed by atoms with van der Waals surface area (Å²) in [5.41, 5.74) is 0.602. The van der Waals surface area contributed by atoms with Crippen LogP contribution in [-0.4, -0.2) is 55.3 Å². The van der Waals surface area contributed by atoms with Crippen molar-refractivity contribution in [3.05, 3.63) is 23.8 Å². The highest BCUT2D eigenvalue weighted by molar-refractivity contribution is 5.44. The standard InChI is InChI=1S/C23H38N2O3/c1-2-3-4-5-6-7-12-24-20(18-25-13-8-9-14-25)23(26)19-10-11-21-22(17-19)28-16-15-27-21/h10-11,17,20,23-24,26H,2-9,12-16,18H2,1H3/i15D2,16D2. The van der Waals surface area contributed by atoms with Crippen molar-refractivity contribution >= 4 is 0 Å². The van der Waals surface area contributed by atoms with E-state index in [1.54, 1.807) is 18.2 Å². The van der Waals surface area contributed by atoms with Gasteiger partial charge in [0.1, 0.15) is 13.1 Å². The predicted octanol–water partition coefficient (Wildman–Crippen LogP) is 3.91. The van der Waals surface area contributed by atoms with Crippen molar-refractivity contribution in [3.8, 4) is 11.5 Å². The Bertz CT molecular complexity index is 729. The monoisotopic (exact) mass is 394 g/mol. The van der Waals surface area contributed by atoms with Crippen molar-refractivity contribution in [2.24, 2.45) is 0 Å². The average Bonchev–Trinajstić information content (AvgIpc) is 3.25. The van der Waals surface area contributed by atoms with Gasteiger partial charge in [0, 0.05) is 12.6 Å². The van der Waals surface area contributed by atoms with Gasteiger partial charge in [0.15, 0.2) is 11.5 Å². The average molecular weight is 395 g/mol. The molecule has 2 N–H and O–H groups in total. The maximum atomic E-state index is 11.2. The van der Waals surface area contributed by atoms with Crippen LogP contribution in [0.1, 0.15) is 75.4 Å². The number of benzene rings is 1. The summed E-state index contributed by atoms with van der Waals surface area (Å²) in [6.45, 7) is 0.681. The second-order valence-corrected chi connectivity index (χ2v) is 7.90. The van der Waals surface area contributed by atoms with Crippen LogP contribution in [0.2, 0.25) is 0 Å². The summed E-state index contributed by atoms with van der Waals surface area (Å²) in [6, 6.07) is 4.65. The molecule has 1 fully saturated rings. The minimum Gasteiger partial charge on any atom is -0.486 e. The van der Waals surface area contributed by atoms with E-state index in [1.165, 1.54) is 44.9 Å². The Balaban J connectivity index is 1.65. The quantitative estimate of drug-likeness (QED) is 0.527. The van der Waals surface area contributed by atoms with E-state index < -0.39 is 19.2 Å². The SMILES string of the molecule is [2H]C1([2H])Oc2ccc(C(O)C(CN3CCCC3)NCCCCCCCC)cc2OC1([2H])[2H]. The molecule has 0 spiro atoms. The van der Waals surface area contributed by atoms with E-state index in [1.807, 2.05) is 0 Å². The first kappa shape index (κ1) is 16.5. The molecule has 2 heterocycles. The summed E-state index contributed by atoms with van der Waals surface area (Å²) in [6.07, 6.45) is 8.87. The second kappa shape index (κ2) is 11.6. The second-order valence-electron chi connectivity index (χ2n) is 7.90. The molecular weight excluding hydrogens is 352 g/mol. The minimum atomic E-state index is -2.62. The molecule has 5 heteroatoms. The van der Waals surface area contributed by atoms with Crippen LogP contribution >= 0.6 is 0 Å². The lowest BCUT2D eigenvalue weighted by atomic mass is 10.0. The van der Waals surface area contributed by atoms with Crippen molar-refractivity contribution in [1.82, 2.24) is 10.2 Å². The molecule has 158 valence electrons. The fourth-order valence-corrected chi connectivity index (χ4v) is 3.97. The molecule has 0 aromatic heterocycles. The van der Waals surface area contributed by atoms with Crippen molar-refractivity contribution in [2.75, 3.05) is 39.3 Å². The molecule has 0 bridgehead atoms. The Morgan fingerprint density at radius 3 is 2.57 bits per heavy atom. The lowest BCUT2D eigenvalue weighted by Gasteiger charge is -2.29. The van der Waals surface area contributed by atoms with Gasteiger partial charge in [0.05, 0.1) is 11.6 Å². The predicted molar refractivity (Wildman–Crippen MR) is 113 cm³/mol. The zero-order valence-corrected chi connectivity index (χ0v) is 17.1. The van der Waals surface area contributed by atoms with Gasteiger partial charge in [-0.25, -0.2) is 0 Å². The first-order valence-corrected chi connectivity index (χ1v) is 10.9. The van der Waals surface area contributed by atoms with Crippen molar-refractivity contribution in [2.45, 2.75) is 70.4 Å². The van der Waals surface area contributed by atoms with Crippen molar-refractivity contribution < 1.29 is 20.1 Å². The maximum Gasteiger partial charge on any atom is 0.161 e. The van der Waals surface area contributed by atoms with Crippen LogP contribution in [0.25, 0.3) is 0 Å². The minimum absolute atomic E-state index is 0.109. The number of hydrogen-bond donors (Lipinski definition) is 2. The molecule has 0 aliphatic carbocycles. The summed E-state index contributed by atoms with van der Waals surface area (Å²) >= 11 is 0. The molecule has 0 radical (unpaired) electrons. The van der Waals surface area contributed by atoms with Gasteiger partial charge in [-0.1, -0.05) is 45.1 Å². The molecule has 0 saturated carbocycles. The number of unbranched alkanes of at least 4 members (excludes halogenated alkanes) is 5. The normalized spacial score (nSPS) is 24.6.